The van der Waals surface area contributed by atoms with E-state index in [4.69, 9.17) is 23.8 Å². The fourth-order valence-electron chi connectivity index (χ4n) is 3.10. The van der Waals surface area contributed by atoms with Gasteiger partial charge >= 0.3 is 0 Å². The van der Waals surface area contributed by atoms with Crippen LogP contribution in [0.1, 0.15) is 19.4 Å². The molecule has 0 aromatic heterocycles. The number of rotatable bonds is 5. The van der Waals surface area contributed by atoms with Gasteiger partial charge in [-0.25, -0.2) is 0 Å². The first kappa shape index (κ1) is 20.8. The highest BCUT2D eigenvalue weighted by molar-refractivity contribution is 7.80. The molecule has 0 atom stereocenters. The molecule has 2 aromatic carbocycles. The van der Waals surface area contributed by atoms with E-state index >= 15 is 0 Å². The number of carbonyl (C=O) groups excluding carboxylic acids is 2. The van der Waals surface area contributed by atoms with Crippen molar-refractivity contribution >= 4 is 58.2 Å². The lowest BCUT2D eigenvalue weighted by molar-refractivity contribution is -0.122. The number of phenols is 1. The molecule has 150 valence electrons. The second-order valence-electron chi connectivity index (χ2n) is 6.35. The van der Waals surface area contributed by atoms with Crippen LogP contribution in [0.3, 0.4) is 0 Å². The Bertz CT molecular complexity index is 1020. The zero-order valence-electron chi connectivity index (χ0n) is 16.0. The van der Waals surface area contributed by atoms with Crippen molar-refractivity contribution in [2.24, 2.45) is 0 Å². The Labute approximate surface area is 179 Å². The van der Waals surface area contributed by atoms with Crippen LogP contribution < -0.4 is 15.1 Å². The van der Waals surface area contributed by atoms with E-state index in [1.54, 1.807) is 36.4 Å². The normalized spacial score (nSPS) is 15.6. The summed E-state index contributed by atoms with van der Waals surface area (Å²) in [5.74, 6) is -1.23. The van der Waals surface area contributed by atoms with E-state index in [0.717, 1.165) is 18.8 Å². The summed E-state index contributed by atoms with van der Waals surface area (Å²) in [7, 11) is 0. The summed E-state index contributed by atoms with van der Waals surface area (Å²) in [6.07, 6.45) is 1.36. The molecule has 0 aliphatic carbocycles. The van der Waals surface area contributed by atoms with E-state index < -0.39 is 11.8 Å². The Balaban J connectivity index is 1.98. The maximum absolute atomic E-state index is 13.0. The van der Waals surface area contributed by atoms with Gasteiger partial charge in [0.1, 0.15) is 11.3 Å². The van der Waals surface area contributed by atoms with Crippen molar-refractivity contribution in [1.29, 1.82) is 0 Å². The number of nitrogens with one attached hydrogen (secondary N) is 1. The number of nitrogens with zero attached hydrogens (tertiary/aromatic N) is 2. The van der Waals surface area contributed by atoms with Gasteiger partial charge in [-0.05, 0) is 62.5 Å². The topological polar surface area (TPSA) is 72.9 Å². The molecule has 1 saturated heterocycles. The maximum Gasteiger partial charge on any atom is 0.270 e. The average molecular weight is 430 g/mol. The van der Waals surface area contributed by atoms with Gasteiger partial charge in [0.25, 0.3) is 11.8 Å². The van der Waals surface area contributed by atoms with E-state index in [9.17, 15) is 14.7 Å². The number of benzene rings is 2. The molecule has 1 heterocycles. The Kier molecular flexibility index (Phi) is 6.20. The zero-order chi connectivity index (χ0) is 21.1. The second kappa shape index (κ2) is 8.63. The maximum atomic E-state index is 13.0. The van der Waals surface area contributed by atoms with Crippen LogP contribution in [-0.4, -0.2) is 35.1 Å². The molecule has 6 nitrogen and oxygen atoms in total. The smallest absolute Gasteiger partial charge is 0.270 e. The Morgan fingerprint density at radius 3 is 2.52 bits per heavy atom. The van der Waals surface area contributed by atoms with Gasteiger partial charge in [0.2, 0.25) is 0 Å². The molecule has 3 rings (SSSR count). The second-order valence-corrected chi connectivity index (χ2v) is 7.18. The summed E-state index contributed by atoms with van der Waals surface area (Å²) in [5, 5.41) is 13.4. The molecule has 0 radical (unpaired) electrons. The van der Waals surface area contributed by atoms with Gasteiger partial charge < -0.3 is 10.0 Å². The van der Waals surface area contributed by atoms with E-state index in [-0.39, 0.29) is 16.4 Å². The average Bonchev–Trinajstić information content (AvgIpc) is 2.67. The number of halogens is 1. The minimum absolute atomic E-state index is 0.0232. The highest BCUT2D eigenvalue weighted by Gasteiger charge is 2.34. The molecule has 0 unspecified atom stereocenters. The van der Waals surface area contributed by atoms with Gasteiger partial charge in [-0.1, -0.05) is 17.7 Å². The van der Waals surface area contributed by atoms with Crippen LogP contribution in [0.2, 0.25) is 5.02 Å². The Morgan fingerprint density at radius 1 is 1.17 bits per heavy atom. The summed E-state index contributed by atoms with van der Waals surface area (Å²) in [6, 6.07) is 11.7. The van der Waals surface area contributed by atoms with Crippen molar-refractivity contribution in [2.45, 2.75) is 13.8 Å². The standard InChI is InChI=1S/C21H20ClN3O3S/c1-3-24(4-2)15-9-8-13(18(26)12-15)10-17-19(27)23-21(29)25(20(17)28)16-7-5-6-14(22)11-16/h5-12,26H,3-4H2,1-2H3,(H,23,27,29). The third-order valence-electron chi connectivity index (χ3n) is 4.61. The van der Waals surface area contributed by atoms with E-state index in [0.29, 0.717) is 16.3 Å². The minimum Gasteiger partial charge on any atom is -0.507 e. The summed E-state index contributed by atoms with van der Waals surface area (Å²) in [4.78, 5) is 28.7. The summed E-state index contributed by atoms with van der Waals surface area (Å²) >= 11 is 11.2. The first-order chi connectivity index (χ1) is 13.8. The first-order valence-electron chi connectivity index (χ1n) is 9.10. The first-order valence-corrected chi connectivity index (χ1v) is 9.89. The van der Waals surface area contributed by atoms with Crippen molar-refractivity contribution in [2.75, 3.05) is 22.9 Å². The van der Waals surface area contributed by atoms with Gasteiger partial charge in [-0.15, -0.1) is 0 Å². The number of hydrogen-bond donors (Lipinski definition) is 2. The lowest BCUT2D eigenvalue weighted by Crippen LogP contribution is -2.54. The zero-order valence-corrected chi connectivity index (χ0v) is 17.5. The molecule has 0 bridgehead atoms. The van der Waals surface area contributed by atoms with Crippen LogP contribution in [0.25, 0.3) is 6.08 Å². The lowest BCUT2D eigenvalue weighted by Gasteiger charge is -2.29. The van der Waals surface area contributed by atoms with Crippen molar-refractivity contribution in [1.82, 2.24) is 5.32 Å². The predicted molar refractivity (Wildman–Crippen MR) is 119 cm³/mol. The van der Waals surface area contributed by atoms with Gasteiger partial charge in [0, 0.05) is 35.4 Å². The molecular weight excluding hydrogens is 410 g/mol. The number of carbonyl (C=O) groups is 2. The Morgan fingerprint density at radius 2 is 1.90 bits per heavy atom. The molecule has 1 aliphatic heterocycles. The molecule has 29 heavy (non-hydrogen) atoms. The third kappa shape index (κ3) is 4.26. The van der Waals surface area contributed by atoms with E-state index in [1.165, 1.54) is 11.0 Å². The summed E-state index contributed by atoms with van der Waals surface area (Å²) < 4.78 is 0. The monoisotopic (exact) mass is 429 g/mol. The van der Waals surface area contributed by atoms with Gasteiger partial charge in [-0.3, -0.25) is 19.8 Å². The minimum atomic E-state index is -0.620. The van der Waals surface area contributed by atoms with Crippen LogP contribution in [0.4, 0.5) is 11.4 Å². The number of phenolic OH excluding ortho intramolecular Hbond substituents is 1. The van der Waals surface area contributed by atoms with E-state index in [2.05, 4.69) is 10.2 Å². The molecule has 0 spiro atoms. The molecule has 2 aromatic rings. The molecule has 8 heteroatoms. The van der Waals surface area contributed by atoms with Gasteiger partial charge in [0.15, 0.2) is 5.11 Å². The molecular formula is C21H20ClN3O3S. The van der Waals surface area contributed by atoms with Crippen molar-refractivity contribution in [3.8, 4) is 5.75 Å². The van der Waals surface area contributed by atoms with Gasteiger partial charge in [-0.2, -0.15) is 0 Å². The molecule has 0 saturated carbocycles. The van der Waals surface area contributed by atoms with Crippen molar-refractivity contribution in [3.05, 3.63) is 58.6 Å². The van der Waals surface area contributed by atoms with Crippen LogP contribution >= 0.6 is 23.8 Å². The van der Waals surface area contributed by atoms with Crippen molar-refractivity contribution in [3.63, 3.8) is 0 Å². The predicted octanol–water partition coefficient (Wildman–Crippen LogP) is 3.72. The van der Waals surface area contributed by atoms with Crippen molar-refractivity contribution < 1.29 is 14.7 Å². The number of anilines is 2. The fourth-order valence-corrected chi connectivity index (χ4v) is 3.57. The molecule has 1 aliphatic rings. The fraction of sp³-hybridized carbons (Fsp3) is 0.190. The molecule has 2 amide bonds. The third-order valence-corrected chi connectivity index (χ3v) is 5.13. The number of hydrogen-bond acceptors (Lipinski definition) is 5. The largest absolute Gasteiger partial charge is 0.507 e. The lowest BCUT2D eigenvalue weighted by atomic mass is 10.1. The molecule has 2 N–H and O–H groups in total. The van der Waals surface area contributed by atoms with E-state index in [1.807, 2.05) is 19.9 Å². The SMILES string of the molecule is CCN(CC)c1ccc(C=C2C(=O)NC(=S)N(c3cccc(Cl)c3)C2=O)c(O)c1. The number of thiocarbonyl (C=S) groups is 1. The summed E-state index contributed by atoms with van der Waals surface area (Å²) in [5.41, 5.74) is 1.53. The van der Waals surface area contributed by atoms with Crippen LogP contribution in [0, 0.1) is 0 Å². The highest BCUT2D eigenvalue weighted by Crippen LogP contribution is 2.29. The van der Waals surface area contributed by atoms with Crippen LogP contribution in [0.5, 0.6) is 5.75 Å². The van der Waals surface area contributed by atoms with Gasteiger partial charge in [0.05, 0.1) is 5.69 Å². The summed E-state index contributed by atoms with van der Waals surface area (Å²) in [6.45, 7) is 5.64. The van der Waals surface area contributed by atoms with Crippen LogP contribution in [0.15, 0.2) is 48.0 Å². The number of aromatic hydroxyl groups is 1. The highest BCUT2D eigenvalue weighted by atomic mass is 35.5. The molecule has 1 fully saturated rings. The Hall–Kier alpha value is -2.90. The van der Waals surface area contributed by atoms with Crippen LogP contribution in [-0.2, 0) is 9.59 Å². The quantitative estimate of drug-likeness (QED) is 0.430. The number of amides is 2.